The van der Waals surface area contributed by atoms with E-state index in [0.717, 1.165) is 6.07 Å². The maximum absolute atomic E-state index is 13.3. The Morgan fingerprint density at radius 2 is 1.70 bits per heavy atom. The molecule has 0 N–H and O–H groups in total. The summed E-state index contributed by atoms with van der Waals surface area (Å²) in [5, 5.41) is 3.48. The Morgan fingerprint density at radius 3 is 2.22 bits per heavy atom. The molecule has 0 aliphatic rings. The van der Waals surface area contributed by atoms with Crippen LogP contribution >= 0.6 is 0 Å². The van der Waals surface area contributed by atoms with Crippen molar-refractivity contribution in [2.24, 2.45) is 0 Å². The minimum absolute atomic E-state index is 0.0310. The van der Waals surface area contributed by atoms with Crippen LogP contribution < -0.4 is 0 Å². The Bertz CT molecular complexity index is 732. The Labute approximate surface area is 130 Å². The second-order valence-electron chi connectivity index (χ2n) is 4.83. The highest BCUT2D eigenvalue weighted by Crippen LogP contribution is 2.31. The molecule has 23 heavy (non-hydrogen) atoms. The van der Waals surface area contributed by atoms with E-state index < -0.39 is 34.9 Å². The molecule has 0 spiro atoms. The first kappa shape index (κ1) is 17.6. The van der Waals surface area contributed by atoms with Crippen molar-refractivity contribution in [1.29, 1.82) is 0 Å². The molecule has 3 nitrogen and oxygen atoms in total. The summed E-state index contributed by atoms with van der Waals surface area (Å²) < 4.78 is 79.7. The topological polar surface area (TPSA) is 43.1 Å². The normalized spacial score (nSPS) is 14.5. The smallest absolute Gasteiger partial charge is 0.298 e. The van der Waals surface area contributed by atoms with E-state index in [-0.39, 0.29) is 16.2 Å². The summed E-state index contributed by atoms with van der Waals surface area (Å²) in [6.07, 6.45) is -6.25. The van der Waals surface area contributed by atoms with Crippen molar-refractivity contribution < 1.29 is 30.7 Å². The lowest BCUT2D eigenvalue weighted by atomic mass is 10.0. The maximum Gasteiger partial charge on any atom is 0.298 e. The molecule has 9 heteroatoms. The largest absolute Gasteiger partial charge is 0.355 e. The monoisotopic (exact) mass is 353 g/mol. The zero-order valence-electron chi connectivity index (χ0n) is 12.0. The Morgan fingerprint density at radius 1 is 1.04 bits per heavy atom. The van der Waals surface area contributed by atoms with Gasteiger partial charge in [-0.2, -0.15) is 0 Å². The quantitative estimate of drug-likeness (QED) is 0.740. The van der Waals surface area contributed by atoms with Crippen molar-refractivity contribution in [1.82, 2.24) is 5.16 Å². The lowest BCUT2D eigenvalue weighted by Crippen LogP contribution is -2.19. The van der Waals surface area contributed by atoms with E-state index in [1.165, 1.54) is 19.1 Å². The highest BCUT2D eigenvalue weighted by molar-refractivity contribution is 7.85. The zero-order chi connectivity index (χ0) is 17.3. The van der Waals surface area contributed by atoms with E-state index in [9.17, 15) is 26.2 Å². The van der Waals surface area contributed by atoms with Crippen LogP contribution in [0.1, 0.15) is 23.3 Å². The zero-order valence-corrected chi connectivity index (χ0v) is 12.8. The van der Waals surface area contributed by atoms with Crippen LogP contribution in [0.2, 0.25) is 0 Å². The minimum Gasteiger partial charge on any atom is -0.355 e. The van der Waals surface area contributed by atoms with Gasteiger partial charge in [-0.25, -0.2) is 22.0 Å². The molecule has 0 saturated heterocycles. The van der Waals surface area contributed by atoms with Crippen molar-refractivity contribution in [3.63, 3.8) is 0 Å². The molecule has 0 aliphatic carbocycles. The van der Waals surface area contributed by atoms with Crippen LogP contribution in [0.4, 0.5) is 22.0 Å². The van der Waals surface area contributed by atoms with Crippen LogP contribution in [-0.4, -0.2) is 21.3 Å². The van der Waals surface area contributed by atoms with Gasteiger partial charge in [0.15, 0.2) is 0 Å². The number of hydrogen-bond donors (Lipinski definition) is 0. The summed E-state index contributed by atoms with van der Waals surface area (Å²) >= 11 is 0. The number of benzene rings is 1. The van der Waals surface area contributed by atoms with Gasteiger partial charge in [-0.3, -0.25) is 4.21 Å². The van der Waals surface area contributed by atoms with Crippen LogP contribution in [0.15, 0.2) is 27.6 Å². The molecule has 0 aliphatic heterocycles. The maximum atomic E-state index is 13.3. The highest BCUT2D eigenvalue weighted by atomic mass is 32.2. The molecule has 2 aromatic rings. The molecule has 0 fully saturated rings. The van der Waals surface area contributed by atoms with Crippen molar-refractivity contribution in [2.75, 3.05) is 0 Å². The molecule has 1 aromatic carbocycles. The summed E-state index contributed by atoms with van der Waals surface area (Å²) in [7, 11) is -2.59. The number of nitrogens with zero attached hydrogens (tertiary/aromatic N) is 1. The summed E-state index contributed by atoms with van der Waals surface area (Å²) in [5.74, 6) is -0.654. The van der Waals surface area contributed by atoms with Gasteiger partial charge in [-0.05, 0) is 31.0 Å². The molecule has 2 atom stereocenters. The number of aryl methyl sites for hydroxylation is 2. The lowest BCUT2D eigenvalue weighted by Gasteiger charge is -2.12. The van der Waals surface area contributed by atoms with Crippen molar-refractivity contribution in [3.8, 4) is 11.3 Å². The van der Waals surface area contributed by atoms with Crippen LogP contribution in [0.3, 0.4) is 0 Å². The van der Waals surface area contributed by atoms with Crippen LogP contribution in [0.5, 0.6) is 0 Å². The SMILES string of the molecule is Cc1cc(C)c(S(=O)C(F)C(F)F)cc1-c1cc(C(F)F)on1. The Balaban J connectivity index is 2.49. The lowest BCUT2D eigenvalue weighted by molar-refractivity contribution is 0.0928. The van der Waals surface area contributed by atoms with Gasteiger partial charge < -0.3 is 4.52 Å². The number of aromatic nitrogens is 1. The fourth-order valence-corrected chi connectivity index (χ4v) is 3.10. The number of hydrogen-bond acceptors (Lipinski definition) is 3. The molecule has 1 aromatic heterocycles. The van der Waals surface area contributed by atoms with Gasteiger partial charge in [0.2, 0.25) is 11.3 Å². The van der Waals surface area contributed by atoms with Crippen molar-refractivity contribution >= 4 is 10.8 Å². The first-order valence-corrected chi connectivity index (χ1v) is 7.62. The van der Waals surface area contributed by atoms with Gasteiger partial charge in [0.05, 0.1) is 10.8 Å². The molecule has 0 radical (unpaired) electrons. The molecule has 0 amide bonds. The molecule has 1 heterocycles. The summed E-state index contributed by atoms with van der Waals surface area (Å²) in [6.45, 7) is 3.13. The fourth-order valence-electron chi connectivity index (χ4n) is 2.06. The first-order valence-electron chi connectivity index (χ1n) is 6.41. The molecule has 0 saturated carbocycles. The Hall–Kier alpha value is -1.77. The first-order chi connectivity index (χ1) is 10.7. The predicted octanol–water partition coefficient (Wildman–Crippen LogP) is 4.56. The number of rotatable bonds is 5. The number of halogens is 5. The molecular formula is C14H12F5NO2S. The van der Waals surface area contributed by atoms with Crippen molar-refractivity contribution in [2.45, 2.75) is 37.1 Å². The Kier molecular flexibility index (Phi) is 5.18. The van der Waals surface area contributed by atoms with Gasteiger partial charge in [0, 0.05) is 16.5 Å². The van der Waals surface area contributed by atoms with Gasteiger partial charge >= 0.3 is 0 Å². The second kappa shape index (κ2) is 6.77. The summed E-state index contributed by atoms with van der Waals surface area (Å²) in [4.78, 5) is -0.139. The summed E-state index contributed by atoms with van der Waals surface area (Å²) in [5.41, 5.74) is -1.62. The van der Waals surface area contributed by atoms with Gasteiger partial charge in [-0.15, -0.1) is 0 Å². The molecule has 2 rings (SSSR count). The van der Waals surface area contributed by atoms with Crippen LogP contribution in [0, 0.1) is 13.8 Å². The third-order valence-corrected chi connectivity index (χ3v) is 4.65. The number of alkyl halides is 5. The highest BCUT2D eigenvalue weighted by Gasteiger charge is 2.29. The van der Waals surface area contributed by atoms with Gasteiger partial charge in [-0.1, -0.05) is 11.2 Å². The molecule has 2 unspecified atom stereocenters. The predicted molar refractivity (Wildman–Crippen MR) is 73.7 cm³/mol. The van der Waals surface area contributed by atoms with Gasteiger partial charge in [0.1, 0.15) is 5.69 Å². The average molecular weight is 353 g/mol. The molecule has 0 bridgehead atoms. The van der Waals surface area contributed by atoms with Crippen molar-refractivity contribution in [3.05, 3.63) is 35.1 Å². The third-order valence-electron chi connectivity index (χ3n) is 3.16. The van der Waals surface area contributed by atoms with Crippen LogP contribution in [0.25, 0.3) is 11.3 Å². The molecule has 126 valence electrons. The summed E-state index contributed by atoms with van der Waals surface area (Å²) in [6, 6.07) is 3.70. The third kappa shape index (κ3) is 3.60. The van der Waals surface area contributed by atoms with E-state index in [1.54, 1.807) is 6.92 Å². The van der Waals surface area contributed by atoms with E-state index >= 15 is 0 Å². The van der Waals surface area contributed by atoms with E-state index in [1.807, 2.05) is 0 Å². The van der Waals surface area contributed by atoms with E-state index in [2.05, 4.69) is 9.68 Å². The van der Waals surface area contributed by atoms with Gasteiger partial charge in [0.25, 0.3) is 12.9 Å². The second-order valence-corrected chi connectivity index (χ2v) is 6.32. The van der Waals surface area contributed by atoms with Crippen LogP contribution in [-0.2, 0) is 10.8 Å². The minimum atomic E-state index is -3.39. The fraction of sp³-hybridized carbons (Fsp3) is 0.357. The standard InChI is InChI=1S/C14H12F5NO2S/c1-6-3-7(2)11(23(21)14(19)13(17)18)4-8(6)9-5-10(12(15)16)22-20-9/h3-5,12-14H,1-2H3. The van der Waals surface area contributed by atoms with E-state index in [0.29, 0.717) is 11.1 Å². The average Bonchev–Trinajstić information content (AvgIpc) is 2.95. The van der Waals surface area contributed by atoms with E-state index in [4.69, 9.17) is 0 Å². The molecular weight excluding hydrogens is 341 g/mol.